The summed E-state index contributed by atoms with van der Waals surface area (Å²) < 4.78 is 15.9. The van der Waals surface area contributed by atoms with E-state index in [-0.39, 0.29) is 12.3 Å². The molecule has 1 amide bonds. The summed E-state index contributed by atoms with van der Waals surface area (Å²) in [5, 5.41) is 3.03. The van der Waals surface area contributed by atoms with E-state index >= 15 is 0 Å². The average molecular weight is 510 g/mol. The van der Waals surface area contributed by atoms with Crippen molar-refractivity contribution in [1.82, 2.24) is 5.32 Å². The molecule has 4 rings (SSSR count). The molecular weight excluding hydrogens is 478 g/mol. The van der Waals surface area contributed by atoms with E-state index in [4.69, 9.17) is 14.2 Å². The Morgan fingerprint density at radius 3 is 1.55 bits per heavy atom. The standard InChI is InChI=1S/C32H31NO5/c1-36-27-18-14-25(15-19-27)32(24-12-8-5-9-13-24,26-16-20-28(37-2)21-17-26)31(35)33-29(30(34)38-3)22-23-10-6-4-7-11-23/h4-21,29H,22H2,1-3H3,(H,33,35)/t29-/m1/s1. The number of carbonyl (C=O) groups excluding carboxylic acids is 2. The highest BCUT2D eigenvalue weighted by atomic mass is 16.5. The lowest BCUT2D eigenvalue weighted by Gasteiger charge is -2.35. The van der Waals surface area contributed by atoms with Crippen molar-refractivity contribution in [1.29, 1.82) is 0 Å². The number of carbonyl (C=O) groups is 2. The van der Waals surface area contributed by atoms with Gasteiger partial charge in [0.2, 0.25) is 5.91 Å². The Morgan fingerprint density at radius 2 is 1.11 bits per heavy atom. The fourth-order valence-corrected chi connectivity index (χ4v) is 4.72. The van der Waals surface area contributed by atoms with Crippen molar-refractivity contribution >= 4 is 11.9 Å². The fraction of sp³-hybridized carbons (Fsp3) is 0.188. The molecule has 4 aromatic carbocycles. The molecule has 0 aromatic heterocycles. The van der Waals surface area contributed by atoms with Gasteiger partial charge in [0.05, 0.1) is 21.3 Å². The largest absolute Gasteiger partial charge is 0.497 e. The highest BCUT2D eigenvalue weighted by Crippen LogP contribution is 2.41. The van der Waals surface area contributed by atoms with Crippen LogP contribution in [0.15, 0.2) is 109 Å². The molecule has 0 spiro atoms. The molecule has 4 aromatic rings. The highest BCUT2D eigenvalue weighted by Gasteiger charge is 2.45. The minimum atomic E-state index is -1.29. The first-order chi connectivity index (χ1) is 18.5. The van der Waals surface area contributed by atoms with Crippen LogP contribution in [-0.2, 0) is 26.2 Å². The predicted molar refractivity (Wildman–Crippen MR) is 146 cm³/mol. The second-order valence-electron chi connectivity index (χ2n) is 8.81. The van der Waals surface area contributed by atoms with Crippen molar-refractivity contribution in [2.75, 3.05) is 21.3 Å². The van der Waals surface area contributed by atoms with Crippen LogP contribution in [0.4, 0.5) is 0 Å². The summed E-state index contributed by atoms with van der Waals surface area (Å²) in [6.45, 7) is 0. The van der Waals surface area contributed by atoms with Crippen LogP contribution in [0, 0.1) is 0 Å². The molecule has 0 bridgehead atoms. The van der Waals surface area contributed by atoms with Crippen molar-refractivity contribution in [3.8, 4) is 11.5 Å². The Labute approximate surface area is 223 Å². The van der Waals surface area contributed by atoms with E-state index in [1.54, 1.807) is 14.2 Å². The zero-order chi connectivity index (χ0) is 27.0. The topological polar surface area (TPSA) is 73.9 Å². The van der Waals surface area contributed by atoms with Crippen LogP contribution in [-0.4, -0.2) is 39.2 Å². The summed E-state index contributed by atoms with van der Waals surface area (Å²) in [6, 6.07) is 33.0. The van der Waals surface area contributed by atoms with E-state index in [9.17, 15) is 9.59 Å². The van der Waals surface area contributed by atoms with E-state index in [1.807, 2.05) is 109 Å². The Morgan fingerprint density at radius 1 is 0.658 bits per heavy atom. The molecule has 0 unspecified atom stereocenters. The van der Waals surface area contributed by atoms with Crippen LogP contribution in [0.1, 0.15) is 22.3 Å². The first-order valence-electron chi connectivity index (χ1n) is 12.3. The Hall–Kier alpha value is -4.58. The van der Waals surface area contributed by atoms with Crippen molar-refractivity contribution in [2.45, 2.75) is 17.9 Å². The fourth-order valence-electron chi connectivity index (χ4n) is 4.72. The van der Waals surface area contributed by atoms with Gasteiger partial charge >= 0.3 is 5.97 Å². The number of hydrogen-bond donors (Lipinski definition) is 1. The lowest BCUT2D eigenvalue weighted by atomic mass is 9.68. The van der Waals surface area contributed by atoms with Gasteiger partial charge in [0.15, 0.2) is 0 Å². The minimum Gasteiger partial charge on any atom is -0.497 e. The number of methoxy groups -OCH3 is 3. The molecule has 0 heterocycles. The van der Waals surface area contributed by atoms with E-state index in [1.165, 1.54) is 7.11 Å². The molecule has 0 aliphatic carbocycles. The van der Waals surface area contributed by atoms with Gasteiger partial charge in [-0.05, 0) is 46.5 Å². The maximum Gasteiger partial charge on any atom is 0.328 e. The molecule has 6 nitrogen and oxygen atoms in total. The maximum absolute atomic E-state index is 14.6. The van der Waals surface area contributed by atoms with Crippen molar-refractivity contribution < 1.29 is 23.8 Å². The summed E-state index contributed by atoms with van der Waals surface area (Å²) in [5.74, 6) is 0.462. The lowest BCUT2D eigenvalue weighted by molar-refractivity contribution is -0.145. The van der Waals surface area contributed by atoms with Crippen molar-refractivity contribution in [3.05, 3.63) is 131 Å². The number of rotatable bonds is 10. The Kier molecular flexibility index (Phi) is 8.44. The molecule has 6 heteroatoms. The normalized spacial score (nSPS) is 11.8. The van der Waals surface area contributed by atoms with Gasteiger partial charge in [0.25, 0.3) is 0 Å². The smallest absolute Gasteiger partial charge is 0.328 e. The number of nitrogens with one attached hydrogen (secondary N) is 1. The third kappa shape index (κ3) is 5.39. The van der Waals surface area contributed by atoms with Crippen LogP contribution in [0.25, 0.3) is 0 Å². The van der Waals surface area contributed by atoms with Crippen LogP contribution in [0.3, 0.4) is 0 Å². The van der Waals surface area contributed by atoms with Crippen LogP contribution >= 0.6 is 0 Å². The maximum atomic E-state index is 14.6. The van der Waals surface area contributed by atoms with E-state index in [0.29, 0.717) is 11.5 Å². The second kappa shape index (κ2) is 12.1. The predicted octanol–water partition coefficient (Wildman–Crippen LogP) is 4.94. The van der Waals surface area contributed by atoms with E-state index in [0.717, 1.165) is 22.3 Å². The zero-order valence-electron chi connectivity index (χ0n) is 21.7. The number of amides is 1. The summed E-state index contributed by atoms with van der Waals surface area (Å²) >= 11 is 0. The molecule has 0 saturated carbocycles. The summed E-state index contributed by atoms with van der Waals surface area (Å²) in [4.78, 5) is 27.5. The Bertz CT molecular complexity index is 1290. The first kappa shape index (κ1) is 26.5. The molecule has 0 radical (unpaired) electrons. The molecule has 1 N–H and O–H groups in total. The van der Waals surface area contributed by atoms with Gasteiger partial charge in [0, 0.05) is 6.42 Å². The lowest BCUT2D eigenvalue weighted by Crippen LogP contribution is -2.52. The van der Waals surface area contributed by atoms with E-state index in [2.05, 4.69) is 5.32 Å². The molecule has 0 saturated heterocycles. The summed E-state index contributed by atoms with van der Waals surface area (Å²) in [7, 11) is 4.52. The second-order valence-corrected chi connectivity index (χ2v) is 8.81. The molecule has 0 aliphatic heterocycles. The average Bonchev–Trinajstić information content (AvgIpc) is 2.98. The van der Waals surface area contributed by atoms with Crippen LogP contribution in [0.2, 0.25) is 0 Å². The first-order valence-corrected chi connectivity index (χ1v) is 12.3. The van der Waals surface area contributed by atoms with Crippen LogP contribution < -0.4 is 14.8 Å². The quantitative estimate of drug-likeness (QED) is 0.242. The summed E-state index contributed by atoms with van der Waals surface area (Å²) in [5.41, 5.74) is 1.80. The van der Waals surface area contributed by atoms with Gasteiger partial charge in [-0.25, -0.2) is 4.79 Å². The Balaban J connectivity index is 1.90. The van der Waals surface area contributed by atoms with E-state index < -0.39 is 17.4 Å². The number of esters is 1. The molecule has 38 heavy (non-hydrogen) atoms. The third-order valence-corrected chi connectivity index (χ3v) is 6.67. The van der Waals surface area contributed by atoms with Gasteiger partial charge in [-0.15, -0.1) is 0 Å². The molecule has 1 atom stereocenters. The number of hydrogen-bond acceptors (Lipinski definition) is 5. The molecule has 0 fully saturated rings. The number of benzene rings is 4. The third-order valence-electron chi connectivity index (χ3n) is 6.67. The van der Waals surface area contributed by atoms with Crippen LogP contribution in [0.5, 0.6) is 11.5 Å². The SMILES string of the molecule is COC(=O)[C@@H](Cc1ccccc1)NC(=O)C(c1ccccc1)(c1ccc(OC)cc1)c1ccc(OC)cc1. The minimum absolute atomic E-state index is 0.287. The molecule has 194 valence electrons. The van der Waals surface area contributed by atoms with Crippen molar-refractivity contribution in [3.63, 3.8) is 0 Å². The summed E-state index contributed by atoms with van der Waals surface area (Å²) in [6.07, 6.45) is 0.287. The van der Waals surface area contributed by atoms with Crippen molar-refractivity contribution in [2.24, 2.45) is 0 Å². The zero-order valence-corrected chi connectivity index (χ0v) is 21.7. The van der Waals surface area contributed by atoms with Gasteiger partial charge in [-0.3, -0.25) is 4.79 Å². The molecular formula is C32H31NO5. The van der Waals surface area contributed by atoms with Gasteiger partial charge in [-0.2, -0.15) is 0 Å². The monoisotopic (exact) mass is 509 g/mol. The highest BCUT2D eigenvalue weighted by molar-refractivity contribution is 5.98. The van der Waals surface area contributed by atoms with Gasteiger partial charge < -0.3 is 19.5 Å². The van der Waals surface area contributed by atoms with Gasteiger partial charge in [-0.1, -0.05) is 84.9 Å². The number of ether oxygens (including phenoxy) is 3. The van der Waals surface area contributed by atoms with Gasteiger partial charge in [0.1, 0.15) is 23.0 Å². The molecule has 0 aliphatic rings.